The van der Waals surface area contributed by atoms with E-state index in [4.69, 9.17) is 5.73 Å². The van der Waals surface area contributed by atoms with Crippen molar-refractivity contribution in [3.05, 3.63) is 26.2 Å². The molecule has 4 nitrogen and oxygen atoms in total. The molecule has 0 aromatic heterocycles. The molecule has 1 aromatic rings. The summed E-state index contributed by atoms with van der Waals surface area (Å²) in [5.74, 6) is -0.830. The molecule has 0 spiro atoms. The van der Waals surface area contributed by atoms with E-state index in [-0.39, 0.29) is 18.2 Å². The number of carbonyl (C=O) groups is 2. The van der Waals surface area contributed by atoms with Crippen molar-refractivity contribution in [3.8, 4) is 0 Å². The molecule has 2 rings (SSSR count). The number of rotatable bonds is 2. The predicted molar refractivity (Wildman–Crippen MR) is 76.5 cm³/mol. The van der Waals surface area contributed by atoms with Crippen molar-refractivity contribution < 1.29 is 9.59 Å². The van der Waals surface area contributed by atoms with Gasteiger partial charge < -0.3 is 10.6 Å². The van der Waals surface area contributed by atoms with Gasteiger partial charge in [-0.2, -0.15) is 0 Å². The van der Waals surface area contributed by atoms with Gasteiger partial charge in [0.25, 0.3) is 0 Å². The maximum atomic E-state index is 11.8. The quantitative estimate of drug-likeness (QED) is 0.759. The van der Waals surface area contributed by atoms with Gasteiger partial charge in [0.2, 0.25) is 11.8 Å². The molecular formula is C11H10BrIN2O2. The number of carbonyl (C=O) groups excluding carboxylic acids is 2. The normalized spacial score (nSPS) is 19.8. The van der Waals surface area contributed by atoms with Crippen LogP contribution in [0.15, 0.2) is 22.7 Å². The van der Waals surface area contributed by atoms with E-state index in [1.165, 1.54) is 0 Å². The summed E-state index contributed by atoms with van der Waals surface area (Å²) in [6.07, 6.45) is 0.210. The second-order valence-corrected chi connectivity index (χ2v) is 5.98. The molecular weight excluding hydrogens is 399 g/mol. The van der Waals surface area contributed by atoms with Crippen molar-refractivity contribution >= 4 is 56.0 Å². The average Bonchev–Trinajstić information content (AvgIpc) is 2.61. The van der Waals surface area contributed by atoms with Crippen LogP contribution in [0.5, 0.6) is 0 Å². The summed E-state index contributed by atoms with van der Waals surface area (Å²) in [6, 6.07) is 5.68. The van der Waals surface area contributed by atoms with Crippen molar-refractivity contribution in [1.29, 1.82) is 0 Å². The first-order valence-electron chi connectivity index (χ1n) is 5.04. The van der Waals surface area contributed by atoms with Gasteiger partial charge in [0.1, 0.15) is 0 Å². The van der Waals surface area contributed by atoms with Crippen molar-refractivity contribution in [1.82, 2.24) is 0 Å². The molecule has 6 heteroatoms. The van der Waals surface area contributed by atoms with E-state index < -0.39 is 5.91 Å². The van der Waals surface area contributed by atoms with Gasteiger partial charge in [0, 0.05) is 21.0 Å². The zero-order valence-corrected chi connectivity index (χ0v) is 12.6. The lowest BCUT2D eigenvalue weighted by Gasteiger charge is -2.18. The summed E-state index contributed by atoms with van der Waals surface area (Å²) in [7, 11) is 0. The first kappa shape index (κ1) is 12.8. The number of amides is 2. The summed E-state index contributed by atoms with van der Waals surface area (Å²) in [5, 5.41) is 0. The SMILES string of the molecule is NC(=O)C1CC(=O)N(c2ccc(Br)cc2I)C1. The summed E-state index contributed by atoms with van der Waals surface area (Å²) in [6.45, 7) is 0.381. The van der Waals surface area contributed by atoms with Crippen LogP contribution < -0.4 is 10.6 Å². The Morgan fingerprint density at radius 1 is 1.53 bits per heavy atom. The molecule has 17 heavy (non-hydrogen) atoms. The number of nitrogens with two attached hydrogens (primary N) is 1. The number of anilines is 1. The third-order valence-corrected chi connectivity index (χ3v) is 4.09. The Bertz CT molecular complexity index is 492. The maximum absolute atomic E-state index is 11.8. The van der Waals surface area contributed by atoms with Crippen LogP contribution in [0.1, 0.15) is 6.42 Å². The van der Waals surface area contributed by atoms with Crippen LogP contribution in [-0.4, -0.2) is 18.4 Å². The minimum Gasteiger partial charge on any atom is -0.369 e. The van der Waals surface area contributed by atoms with E-state index in [1.54, 1.807) is 4.90 Å². The lowest BCUT2D eigenvalue weighted by molar-refractivity contribution is -0.123. The van der Waals surface area contributed by atoms with Crippen LogP contribution in [0, 0.1) is 9.49 Å². The second kappa shape index (κ2) is 4.93. The molecule has 1 aliphatic rings. The highest BCUT2D eigenvalue weighted by molar-refractivity contribution is 14.1. The molecule has 1 aliphatic heterocycles. The molecule has 0 aliphatic carbocycles. The van der Waals surface area contributed by atoms with E-state index in [9.17, 15) is 9.59 Å². The molecule has 1 atom stereocenters. The van der Waals surface area contributed by atoms with Gasteiger partial charge in [-0.1, -0.05) is 15.9 Å². The number of halogens is 2. The Labute approximate surface area is 121 Å². The van der Waals surface area contributed by atoms with Crippen LogP contribution in [0.2, 0.25) is 0 Å². The molecule has 2 amide bonds. The van der Waals surface area contributed by atoms with Gasteiger partial charge in [-0.15, -0.1) is 0 Å². The Morgan fingerprint density at radius 3 is 2.76 bits per heavy atom. The fourth-order valence-electron chi connectivity index (χ4n) is 1.83. The molecule has 1 fully saturated rings. The third-order valence-electron chi connectivity index (χ3n) is 2.73. The molecule has 1 heterocycles. The van der Waals surface area contributed by atoms with Crippen molar-refractivity contribution in [2.24, 2.45) is 11.7 Å². The Balaban J connectivity index is 2.29. The monoisotopic (exact) mass is 408 g/mol. The number of nitrogens with zero attached hydrogens (tertiary/aromatic N) is 1. The third kappa shape index (κ3) is 2.62. The van der Waals surface area contributed by atoms with E-state index in [0.29, 0.717) is 6.54 Å². The first-order valence-corrected chi connectivity index (χ1v) is 6.91. The van der Waals surface area contributed by atoms with Gasteiger partial charge in [-0.05, 0) is 40.8 Å². The lowest BCUT2D eigenvalue weighted by Crippen LogP contribution is -2.28. The highest BCUT2D eigenvalue weighted by Gasteiger charge is 2.34. The van der Waals surface area contributed by atoms with E-state index >= 15 is 0 Å². The molecule has 0 bridgehead atoms. The fraction of sp³-hybridized carbons (Fsp3) is 0.273. The van der Waals surface area contributed by atoms with Gasteiger partial charge in [0.05, 0.1) is 11.6 Å². The smallest absolute Gasteiger partial charge is 0.227 e. The van der Waals surface area contributed by atoms with E-state index in [0.717, 1.165) is 13.7 Å². The molecule has 0 saturated carbocycles. The van der Waals surface area contributed by atoms with Crippen LogP contribution in [0.3, 0.4) is 0 Å². The summed E-state index contributed by atoms with van der Waals surface area (Å²) in [4.78, 5) is 24.6. The maximum Gasteiger partial charge on any atom is 0.227 e. The largest absolute Gasteiger partial charge is 0.369 e. The number of hydrogen-bond acceptors (Lipinski definition) is 2. The lowest BCUT2D eigenvalue weighted by atomic mass is 10.1. The number of benzene rings is 1. The van der Waals surface area contributed by atoms with Crippen molar-refractivity contribution in [2.75, 3.05) is 11.4 Å². The Morgan fingerprint density at radius 2 is 2.24 bits per heavy atom. The zero-order valence-electron chi connectivity index (χ0n) is 8.82. The summed E-state index contributed by atoms with van der Waals surface area (Å²) >= 11 is 5.54. The van der Waals surface area contributed by atoms with Crippen LogP contribution >= 0.6 is 38.5 Å². The first-order chi connectivity index (χ1) is 7.99. The predicted octanol–water partition coefficient (Wildman–Crippen LogP) is 1.89. The minimum absolute atomic E-state index is 0.0472. The molecule has 2 N–H and O–H groups in total. The zero-order chi connectivity index (χ0) is 12.6. The Hall–Kier alpha value is -0.630. The molecule has 90 valence electrons. The number of primary amides is 1. The standard InChI is InChI=1S/C11H10BrIN2O2/c12-7-1-2-9(8(13)4-7)15-5-6(11(14)17)3-10(15)16/h1-2,4,6H,3,5H2,(H2,14,17). The highest BCUT2D eigenvalue weighted by atomic mass is 127. The van der Waals surface area contributed by atoms with Gasteiger partial charge in [0.15, 0.2) is 0 Å². The molecule has 1 unspecified atom stereocenters. The topological polar surface area (TPSA) is 63.4 Å². The fourth-order valence-corrected chi connectivity index (χ4v) is 3.43. The van der Waals surface area contributed by atoms with Gasteiger partial charge >= 0.3 is 0 Å². The second-order valence-electron chi connectivity index (χ2n) is 3.90. The van der Waals surface area contributed by atoms with E-state index in [1.807, 2.05) is 18.2 Å². The van der Waals surface area contributed by atoms with Crippen LogP contribution in [-0.2, 0) is 9.59 Å². The number of hydrogen-bond donors (Lipinski definition) is 1. The molecule has 1 aromatic carbocycles. The van der Waals surface area contributed by atoms with Crippen LogP contribution in [0.4, 0.5) is 5.69 Å². The summed E-state index contributed by atoms with van der Waals surface area (Å²) < 4.78 is 1.93. The molecule has 0 radical (unpaired) electrons. The Kier molecular flexibility index (Phi) is 3.72. The van der Waals surface area contributed by atoms with Gasteiger partial charge in [-0.3, -0.25) is 9.59 Å². The van der Waals surface area contributed by atoms with Crippen molar-refractivity contribution in [3.63, 3.8) is 0 Å². The highest BCUT2D eigenvalue weighted by Crippen LogP contribution is 2.30. The minimum atomic E-state index is -0.409. The van der Waals surface area contributed by atoms with E-state index in [2.05, 4.69) is 38.5 Å². The van der Waals surface area contributed by atoms with Gasteiger partial charge in [-0.25, -0.2) is 0 Å². The van der Waals surface area contributed by atoms with Crippen molar-refractivity contribution in [2.45, 2.75) is 6.42 Å². The average molecular weight is 409 g/mol. The summed E-state index contributed by atoms with van der Waals surface area (Å²) in [5.41, 5.74) is 6.07. The molecule has 1 saturated heterocycles. The van der Waals surface area contributed by atoms with Crippen LogP contribution in [0.25, 0.3) is 0 Å².